The molecular weight excluding hydrogens is 389 g/mol. The van der Waals surface area contributed by atoms with Gasteiger partial charge in [0.1, 0.15) is 17.9 Å². The first-order valence-electron chi connectivity index (χ1n) is 9.77. The molecule has 4 rings (SSSR count). The average molecular weight is 418 g/mol. The van der Waals surface area contributed by atoms with E-state index < -0.39 is 28.1 Å². The highest BCUT2D eigenvalue weighted by molar-refractivity contribution is 7.91. The monoisotopic (exact) mass is 417 g/mol. The van der Waals surface area contributed by atoms with Crippen molar-refractivity contribution >= 4 is 21.6 Å². The van der Waals surface area contributed by atoms with Crippen molar-refractivity contribution in [2.24, 2.45) is 16.6 Å². The van der Waals surface area contributed by atoms with E-state index in [1.165, 1.54) is 5.01 Å². The number of nitrogens with two attached hydrogens (primary N) is 1. The zero-order valence-electron chi connectivity index (χ0n) is 15.7. The number of hydrogen-bond acceptors (Lipinski definition) is 9. The number of carbonyl (C=O) groups is 1. The number of piperidine rings is 1. The first-order valence-corrected chi connectivity index (χ1v) is 11.6. The van der Waals surface area contributed by atoms with Crippen LogP contribution in [-0.2, 0) is 14.6 Å². The Morgan fingerprint density at radius 2 is 2.07 bits per heavy atom. The van der Waals surface area contributed by atoms with Gasteiger partial charge in [0.25, 0.3) is 0 Å². The molecular formula is C16H28FN7O3S. The number of amides is 1. The molecule has 3 saturated heterocycles. The molecule has 4 heterocycles. The van der Waals surface area contributed by atoms with E-state index in [-0.39, 0.29) is 42.6 Å². The molecule has 5 atom stereocenters. The van der Waals surface area contributed by atoms with Crippen molar-refractivity contribution in [1.29, 1.82) is 0 Å². The van der Waals surface area contributed by atoms with Gasteiger partial charge in [0.15, 0.2) is 9.84 Å². The van der Waals surface area contributed by atoms with Gasteiger partial charge in [0.2, 0.25) is 5.91 Å². The second-order valence-corrected chi connectivity index (χ2v) is 10.2. The molecule has 0 radical (unpaired) electrons. The van der Waals surface area contributed by atoms with Crippen LogP contribution in [0.15, 0.2) is 4.99 Å². The number of sulfone groups is 1. The van der Waals surface area contributed by atoms with Crippen LogP contribution in [0, 0.1) is 5.92 Å². The molecule has 0 aromatic rings. The van der Waals surface area contributed by atoms with Gasteiger partial charge >= 0.3 is 0 Å². The van der Waals surface area contributed by atoms with Crippen LogP contribution in [-0.4, -0.2) is 105 Å². The molecule has 0 spiro atoms. The largest absolute Gasteiger partial charge is 0.350 e. The summed E-state index contributed by atoms with van der Waals surface area (Å²) in [5.74, 6) is -0.0990. The molecule has 10 nitrogen and oxygen atoms in total. The van der Waals surface area contributed by atoms with Crippen molar-refractivity contribution in [1.82, 2.24) is 26.0 Å². The molecule has 4 aliphatic heterocycles. The van der Waals surface area contributed by atoms with E-state index in [1.807, 2.05) is 0 Å². The van der Waals surface area contributed by atoms with Crippen LogP contribution in [0.5, 0.6) is 0 Å². The molecule has 0 aromatic heterocycles. The van der Waals surface area contributed by atoms with Gasteiger partial charge in [-0.15, -0.1) is 0 Å². The smallest absolute Gasteiger partial charge is 0.234 e. The lowest BCUT2D eigenvalue weighted by atomic mass is 9.97. The van der Waals surface area contributed by atoms with E-state index in [9.17, 15) is 17.6 Å². The van der Waals surface area contributed by atoms with Gasteiger partial charge in [-0.1, -0.05) is 0 Å². The summed E-state index contributed by atoms with van der Waals surface area (Å²) in [7, 11) is -2.95. The highest BCUT2D eigenvalue weighted by Crippen LogP contribution is 2.21. The third kappa shape index (κ3) is 4.01. The Kier molecular flexibility index (Phi) is 5.58. The van der Waals surface area contributed by atoms with Crippen molar-refractivity contribution in [3.05, 3.63) is 0 Å². The fourth-order valence-electron chi connectivity index (χ4n) is 4.47. The van der Waals surface area contributed by atoms with Gasteiger partial charge in [0.05, 0.1) is 36.8 Å². The summed E-state index contributed by atoms with van der Waals surface area (Å²) in [6.07, 6.45) is -0.900. The average Bonchev–Trinajstić information content (AvgIpc) is 2.97. The topological polar surface area (TPSA) is 132 Å². The number of alkyl halides is 1. The van der Waals surface area contributed by atoms with Crippen molar-refractivity contribution in [3.63, 3.8) is 0 Å². The Morgan fingerprint density at radius 3 is 2.82 bits per heavy atom. The van der Waals surface area contributed by atoms with Gasteiger partial charge in [-0.2, -0.15) is 0 Å². The summed E-state index contributed by atoms with van der Waals surface area (Å²) in [6.45, 7) is 2.58. The van der Waals surface area contributed by atoms with Crippen LogP contribution in [0.1, 0.15) is 6.42 Å². The maximum atomic E-state index is 13.6. The van der Waals surface area contributed by atoms with Crippen LogP contribution < -0.4 is 21.8 Å². The molecule has 0 bridgehead atoms. The number of nitrogens with zero attached hydrogens (tertiary/aromatic N) is 3. The Balaban J connectivity index is 1.44. The Labute approximate surface area is 164 Å². The van der Waals surface area contributed by atoms with Crippen molar-refractivity contribution in [2.75, 3.05) is 50.8 Å². The molecule has 5 N–H and O–H groups in total. The number of fused-ring (bicyclic) bond motifs is 1. The van der Waals surface area contributed by atoms with Gasteiger partial charge in [-0.3, -0.25) is 19.7 Å². The first kappa shape index (κ1) is 20.0. The van der Waals surface area contributed by atoms with Crippen LogP contribution in [0.4, 0.5) is 4.39 Å². The lowest BCUT2D eigenvalue weighted by Crippen LogP contribution is -2.63. The van der Waals surface area contributed by atoms with Crippen LogP contribution in [0.25, 0.3) is 0 Å². The van der Waals surface area contributed by atoms with Gasteiger partial charge in [-0.05, 0) is 13.0 Å². The summed E-state index contributed by atoms with van der Waals surface area (Å²) in [6, 6.07) is -0.0766. The van der Waals surface area contributed by atoms with E-state index in [0.29, 0.717) is 25.5 Å². The molecule has 0 aliphatic carbocycles. The molecule has 0 saturated carbocycles. The zero-order valence-corrected chi connectivity index (χ0v) is 16.5. The lowest BCUT2D eigenvalue weighted by Gasteiger charge is -2.42. The minimum atomic E-state index is -2.95. The third-order valence-corrected chi connectivity index (χ3v) is 7.56. The van der Waals surface area contributed by atoms with Crippen LogP contribution >= 0.6 is 0 Å². The second-order valence-electron chi connectivity index (χ2n) is 7.90. The van der Waals surface area contributed by atoms with Gasteiger partial charge < -0.3 is 16.4 Å². The van der Waals surface area contributed by atoms with E-state index >= 15 is 0 Å². The normalized spacial score (nSPS) is 38.6. The molecule has 28 heavy (non-hydrogen) atoms. The molecule has 12 heteroatoms. The summed E-state index contributed by atoms with van der Waals surface area (Å²) >= 11 is 0. The Hall–Kier alpha value is -1.34. The fraction of sp³-hybridized carbons (Fsp3) is 0.875. The number of rotatable bonds is 3. The molecule has 5 unspecified atom stereocenters. The molecule has 4 aliphatic rings. The molecule has 3 fully saturated rings. The maximum Gasteiger partial charge on any atom is 0.234 e. The van der Waals surface area contributed by atoms with E-state index in [0.717, 1.165) is 13.0 Å². The number of hydrogen-bond donors (Lipinski definition) is 4. The number of hydrazine groups is 1. The first-order chi connectivity index (χ1) is 13.3. The number of aliphatic imine (C=N–C) groups is 1. The molecule has 0 aromatic carbocycles. The fourth-order valence-corrected chi connectivity index (χ4v) is 5.70. The van der Waals surface area contributed by atoms with Gasteiger partial charge in [0, 0.05) is 25.7 Å². The third-order valence-electron chi connectivity index (χ3n) is 5.95. The summed E-state index contributed by atoms with van der Waals surface area (Å²) in [4.78, 5) is 19.4. The Bertz CT molecular complexity index is 735. The predicted molar refractivity (Wildman–Crippen MR) is 102 cm³/mol. The maximum absolute atomic E-state index is 13.6. The highest BCUT2D eigenvalue weighted by atomic mass is 32.2. The predicted octanol–water partition coefficient (Wildman–Crippen LogP) is -2.97. The highest BCUT2D eigenvalue weighted by Gasteiger charge is 2.45. The summed E-state index contributed by atoms with van der Waals surface area (Å²) in [5, 5.41) is 7.92. The van der Waals surface area contributed by atoms with E-state index in [2.05, 4.69) is 26.0 Å². The van der Waals surface area contributed by atoms with Crippen molar-refractivity contribution in [3.8, 4) is 0 Å². The molecule has 1 amide bonds. The van der Waals surface area contributed by atoms with Crippen LogP contribution in [0.3, 0.4) is 0 Å². The van der Waals surface area contributed by atoms with Gasteiger partial charge in [-0.25, -0.2) is 18.2 Å². The number of nitrogens with one attached hydrogen (secondary N) is 3. The minimum absolute atomic E-state index is 0.0415. The Morgan fingerprint density at radius 1 is 1.32 bits per heavy atom. The summed E-state index contributed by atoms with van der Waals surface area (Å²) in [5.41, 5.74) is 9.01. The standard InChI is InChI=1S/C16H28FN7O3S/c17-10-7-20-15-13(14(18)22-24(15)9-10)16(25)21-11-8-19-2-1-12(11)23-3-5-28(26,27)6-4-23/h10-14,19,22H,1-9,18H2,(H,21,25). The zero-order chi connectivity index (χ0) is 19.9. The van der Waals surface area contributed by atoms with Crippen LogP contribution in [0.2, 0.25) is 0 Å². The quantitative estimate of drug-likeness (QED) is 0.383. The second kappa shape index (κ2) is 7.82. The van der Waals surface area contributed by atoms with E-state index in [1.54, 1.807) is 0 Å². The lowest BCUT2D eigenvalue weighted by molar-refractivity contribution is -0.124. The number of carbonyl (C=O) groups excluding carboxylic acids is 1. The van der Waals surface area contributed by atoms with E-state index in [4.69, 9.17) is 5.73 Å². The molecule has 158 valence electrons. The minimum Gasteiger partial charge on any atom is -0.350 e. The number of halogens is 1. The number of amidine groups is 1. The van der Waals surface area contributed by atoms with Crippen molar-refractivity contribution < 1.29 is 17.6 Å². The van der Waals surface area contributed by atoms with Crippen molar-refractivity contribution in [2.45, 2.75) is 30.8 Å². The summed E-state index contributed by atoms with van der Waals surface area (Å²) < 4.78 is 37.0. The SMILES string of the molecule is NC1NN2CC(F)CN=C2C1C(=O)NC1CNCCC1N1CCS(=O)(=O)CC1.